The number of carbonyl (C=O) groups excluding carboxylic acids is 1. The zero-order chi connectivity index (χ0) is 21.1. The molecule has 7 nitrogen and oxygen atoms in total. The number of halogens is 1. The summed E-state index contributed by atoms with van der Waals surface area (Å²) in [5.74, 6) is 1.73. The van der Waals surface area contributed by atoms with Crippen molar-refractivity contribution in [3.63, 3.8) is 0 Å². The normalized spacial score (nSPS) is 15.4. The standard InChI is InChI=1S/C22H37N5O2.HI/c1-5-23-22(25-13-12-24-21(28)17(2)3)26-16-20(27-14-6-7-15-27)18-8-10-19(29-4)11-9-18;/h8-11,17,20H,5-7,12-16H2,1-4H3,(H,24,28)(H2,23,25,26);1H. The van der Waals surface area contributed by atoms with E-state index in [9.17, 15) is 4.79 Å². The number of nitrogens with one attached hydrogen (secondary N) is 3. The van der Waals surface area contributed by atoms with Crippen LogP contribution in [0.3, 0.4) is 0 Å². The molecule has 8 heteroatoms. The van der Waals surface area contributed by atoms with Gasteiger partial charge in [-0.1, -0.05) is 26.0 Å². The van der Waals surface area contributed by atoms with Crippen LogP contribution in [-0.2, 0) is 4.79 Å². The van der Waals surface area contributed by atoms with Gasteiger partial charge in [-0.25, -0.2) is 0 Å². The fraction of sp³-hybridized carbons (Fsp3) is 0.636. The number of aliphatic imine (C=N–C) groups is 1. The van der Waals surface area contributed by atoms with Gasteiger partial charge in [0.15, 0.2) is 5.96 Å². The maximum Gasteiger partial charge on any atom is 0.222 e. The number of nitrogens with zero attached hydrogens (tertiary/aromatic N) is 2. The topological polar surface area (TPSA) is 78.0 Å². The van der Waals surface area contributed by atoms with Crippen molar-refractivity contribution in [3.05, 3.63) is 29.8 Å². The molecule has 0 saturated carbocycles. The molecule has 1 aliphatic rings. The molecule has 0 aromatic heterocycles. The molecule has 3 N–H and O–H groups in total. The van der Waals surface area contributed by atoms with Crippen LogP contribution in [-0.4, -0.2) is 63.1 Å². The Bertz CT molecular complexity index is 645. The number of likely N-dealkylation sites (tertiary alicyclic amines) is 1. The molecule has 170 valence electrons. The van der Waals surface area contributed by atoms with Gasteiger partial charge in [0.05, 0.1) is 19.7 Å². The number of ether oxygens (including phenoxy) is 1. The maximum atomic E-state index is 11.7. The molecule has 0 bridgehead atoms. The summed E-state index contributed by atoms with van der Waals surface area (Å²) < 4.78 is 5.30. The van der Waals surface area contributed by atoms with Crippen molar-refractivity contribution in [2.24, 2.45) is 10.9 Å². The number of rotatable bonds is 10. The molecule has 0 spiro atoms. The summed E-state index contributed by atoms with van der Waals surface area (Å²) in [5, 5.41) is 9.53. The highest BCUT2D eigenvalue weighted by Crippen LogP contribution is 2.27. The molecule has 1 unspecified atom stereocenters. The average molecular weight is 531 g/mol. The third kappa shape index (κ3) is 8.67. The van der Waals surface area contributed by atoms with Crippen molar-refractivity contribution in [2.45, 2.75) is 39.7 Å². The molecule has 1 amide bonds. The predicted molar refractivity (Wildman–Crippen MR) is 134 cm³/mol. The lowest BCUT2D eigenvalue weighted by molar-refractivity contribution is -0.123. The highest BCUT2D eigenvalue weighted by Gasteiger charge is 2.23. The minimum Gasteiger partial charge on any atom is -0.497 e. The van der Waals surface area contributed by atoms with E-state index in [0.717, 1.165) is 31.3 Å². The Morgan fingerprint density at radius 1 is 1.10 bits per heavy atom. The van der Waals surface area contributed by atoms with Gasteiger partial charge in [-0.2, -0.15) is 0 Å². The van der Waals surface area contributed by atoms with E-state index in [4.69, 9.17) is 9.73 Å². The van der Waals surface area contributed by atoms with E-state index in [1.807, 2.05) is 26.0 Å². The van der Waals surface area contributed by atoms with Gasteiger partial charge in [-0.3, -0.25) is 14.7 Å². The highest BCUT2D eigenvalue weighted by atomic mass is 127. The van der Waals surface area contributed by atoms with Gasteiger partial charge >= 0.3 is 0 Å². The molecule has 0 radical (unpaired) electrons. The maximum absolute atomic E-state index is 11.7. The van der Waals surface area contributed by atoms with Crippen molar-refractivity contribution in [1.82, 2.24) is 20.9 Å². The van der Waals surface area contributed by atoms with Crippen molar-refractivity contribution < 1.29 is 9.53 Å². The number of carbonyl (C=O) groups is 1. The van der Waals surface area contributed by atoms with Crippen molar-refractivity contribution >= 4 is 35.8 Å². The van der Waals surface area contributed by atoms with Crippen molar-refractivity contribution in [3.8, 4) is 5.75 Å². The molecule has 1 atom stereocenters. The predicted octanol–water partition coefficient (Wildman–Crippen LogP) is 2.78. The smallest absolute Gasteiger partial charge is 0.222 e. The zero-order valence-electron chi connectivity index (χ0n) is 18.7. The molecular weight excluding hydrogens is 493 g/mol. The van der Waals surface area contributed by atoms with Gasteiger partial charge in [0.1, 0.15) is 5.75 Å². The van der Waals surface area contributed by atoms with Crippen LogP contribution in [0, 0.1) is 5.92 Å². The first-order chi connectivity index (χ1) is 14.0. The van der Waals surface area contributed by atoms with Crippen molar-refractivity contribution in [2.75, 3.05) is 46.4 Å². The van der Waals surface area contributed by atoms with Gasteiger partial charge in [0.25, 0.3) is 0 Å². The lowest BCUT2D eigenvalue weighted by atomic mass is 10.1. The van der Waals surface area contributed by atoms with Gasteiger partial charge in [0.2, 0.25) is 5.91 Å². The van der Waals surface area contributed by atoms with Crippen LogP contribution < -0.4 is 20.7 Å². The fourth-order valence-electron chi connectivity index (χ4n) is 3.40. The zero-order valence-corrected chi connectivity index (χ0v) is 21.1. The molecular formula is C22H38IN5O2. The molecule has 1 saturated heterocycles. The van der Waals surface area contributed by atoms with Gasteiger partial charge in [0, 0.05) is 25.6 Å². The minimum atomic E-state index is 0. The fourth-order valence-corrected chi connectivity index (χ4v) is 3.40. The number of guanidine groups is 1. The molecule has 1 aromatic rings. The largest absolute Gasteiger partial charge is 0.497 e. The first-order valence-electron chi connectivity index (χ1n) is 10.7. The summed E-state index contributed by atoms with van der Waals surface area (Å²) >= 11 is 0. The van der Waals surface area contributed by atoms with Crippen LogP contribution in [0.1, 0.15) is 45.2 Å². The van der Waals surface area contributed by atoms with Crippen LogP contribution in [0.4, 0.5) is 0 Å². The third-order valence-corrected chi connectivity index (χ3v) is 5.09. The van der Waals surface area contributed by atoms with Gasteiger partial charge < -0.3 is 20.7 Å². The number of amides is 1. The number of methoxy groups -OCH3 is 1. The van der Waals surface area contributed by atoms with Crippen LogP contribution >= 0.6 is 24.0 Å². The Morgan fingerprint density at radius 3 is 2.30 bits per heavy atom. The second-order valence-electron chi connectivity index (χ2n) is 7.62. The SMILES string of the molecule is CCNC(=NCC(c1ccc(OC)cc1)N1CCCC1)NCCNC(=O)C(C)C.I. The third-order valence-electron chi connectivity index (χ3n) is 5.09. The lowest BCUT2D eigenvalue weighted by Crippen LogP contribution is -2.42. The summed E-state index contributed by atoms with van der Waals surface area (Å²) in [4.78, 5) is 19.0. The van der Waals surface area contributed by atoms with E-state index in [1.165, 1.54) is 18.4 Å². The Labute approximate surface area is 198 Å². The second kappa shape index (κ2) is 14.5. The van der Waals surface area contributed by atoms with E-state index in [1.54, 1.807) is 7.11 Å². The molecule has 1 heterocycles. The first-order valence-corrected chi connectivity index (χ1v) is 10.7. The summed E-state index contributed by atoms with van der Waals surface area (Å²) in [6, 6.07) is 8.56. The Morgan fingerprint density at radius 2 is 1.73 bits per heavy atom. The second-order valence-corrected chi connectivity index (χ2v) is 7.62. The Hall–Kier alpha value is -1.55. The molecule has 2 rings (SSSR count). The highest BCUT2D eigenvalue weighted by molar-refractivity contribution is 14.0. The van der Waals surface area contributed by atoms with Crippen LogP contribution in [0.25, 0.3) is 0 Å². The van der Waals surface area contributed by atoms with Crippen LogP contribution in [0.15, 0.2) is 29.3 Å². The minimum absolute atomic E-state index is 0. The molecule has 1 aromatic carbocycles. The Balaban J connectivity index is 0.00000450. The quantitative estimate of drug-likeness (QED) is 0.187. The Kier molecular flexibility index (Phi) is 12.8. The average Bonchev–Trinajstić information content (AvgIpc) is 3.25. The van der Waals surface area contributed by atoms with E-state index in [-0.39, 0.29) is 41.8 Å². The number of hydrogen-bond acceptors (Lipinski definition) is 4. The summed E-state index contributed by atoms with van der Waals surface area (Å²) in [6.07, 6.45) is 2.48. The summed E-state index contributed by atoms with van der Waals surface area (Å²) in [6.45, 7) is 10.8. The monoisotopic (exact) mass is 531 g/mol. The molecule has 0 aliphatic carbocycles. The summed E-state index contributed by atoms with van der Waals surface area (Å²) in [5.41, 5.74) is 1.26. The summed E-state index contributed by atoms with van der Waals surface area (Å²) in [7, 11) is 1.69. The number of hydrogen-bond donors (Lipinski definition) is 3. The lowest BCUT2D eigenvalue weighted by Gasteiger charge is -2.27. The molecule has 1 fully saturated rings. The van der Waals surface area contributed by atoms with E-state index >= 15 is 0 Å². The van der Waals surface area contributed by atoms with Crippen LogP contribution in [0.5, 0.6) is 5.75 Å². The van der Waals surface area contributed by atoms with E-state index < -0.39 is 0 Å². The van der Waals surface area contributed by atoms with Crippen LogP contribution in [0.2, 0.25) is 0 Å². The van der Waals surface area contributed by atoms with Crippen molar-refractivity contribution in [1.29, 1.82) is 0 Å². The first kappa shape index (κ1) is 26.5. The molecule has 1 aliphatic heterocycles. The van der Waals surface area contributed by atoms with Gasteiger partial charge in [-0.15, -0.1) is 24.0 Å². The number of benzene rings is 1. The van der Waals surface area contributed by atoms with Gasteiger partial charge in [-0.05, 0) is 50.6 Å². The molecule has 30 heavy (non-hydrogen) atoms. The van der Waals surface area contributed by atoms with E-state index in [2.05, 4.69) is 39.9 Å². The van der Waals surface area contributed by atoms with E-state index in [0.29, 0.717) is 19.6 Å².